The quantitative estimate of drug-likeness (QED) is 0.558. The number of carbonyl (C=O) groups excluding carboxylic acids is 3. The molecule has 3 aromatic rings. The van der Waals surface area contributed by atoms with Crippen LogP contribution < -0.4 is 10.2 Å². The third kappa shape index (κ3) is 3.99. The molecule has 6 nitrogen and oxygen atoms in total. The van der Waals surface area contributed by atoms with Crippen LogP contribution in [-0.4, -0.2) is 29.6 Å². The van der Waals surface area contributed by atoms with Gasteiger partial charge in [-0.15, -0.1) is 11.8 Å². The van der Waals surface area contributed by atoms with Gasteiger partial charge in [-0.05, 0) is 36.4 Å². The highest BCUT2D eigenvalue weighted by Gasteiger charge is 2.31. The highest BCUT2D eigenvalue weighted by Crippen LogP contribution is 2.47. The van der Waals surface area contributed by atoms with Gasteiger partial charge in [-0.1, -0.05) is 48.2 Å². The van der Waals surface area contributed by atoms with Crippen molar-refractivity contribution in [1.29, 1.82) is 0 Å². The van der Waals surface area contributed by atoms with E-state index in [0.717, 1.165) is 31.7 Å². The van der Waals surface area contributed by atoms with E-state index in [1.54, 1.807) is 16.7 Å². The summed E-state index contributed by atoms with van der Waals surface area (Å²) in [5.74, 6) is -1.17. The Bertz CT molecular complexity index is 1180. The van der Waals surface area contributed by atoms with Crippen LogP contribution in [0.2, 0.25) is 0 Å². The number of hydrogen-bond acceptors (Lipinski definition) is 6. The second-order valence-corrected chi connectivity index (χ2v) is 9.55. The molecule has 0 aliphatic carbocycles. The Morgan fingerprint density at radius 2 is 1.47 bits per heavy atom. The van der Waals surface area contributed by atoms with Crippen LogP contribution in [0.1, 0.15) is 6.42 Å². The summed E-state index contributed by atoms with van der Waals surface area (Å²) in [6.45, 7) is -0.401. The minimum absolute atomic E-state index is 0.110. The molecule has 8 heteroatoms. The lowest BCUT2D eigenvalue weighted by molar-refractivity contribution is -0.148. The van der Waals surface area contributed by atoms with Gasteiger partial charge in [0.05, 0.1) is 28.7 Å². The van der Waals surface area contributed by atoms with E-state index in [-0.39, 0.29) is 18.2 Å². The molecule has 0 saturated heterocycles. The van der Waals surface area contributed by atoms with Crippen LogP contribution in [-0.2, 0) is 19.1 Å². The first-order valence-electron chi connectivity index (χ1n) is 10.0. The van der Waals surface area contributed by atoms with E-state index in [0.29, 0.717) is 0 Å². The third-order valence-electron chi connectivity index (χ3n) is 5.10. The Labute approximate surface area is 193 Å². The number of esters is 1. The predicted octanol–water partition coefficient (Wildman–Crippen LogP) is 4.86. The number of thioether (sulfide) groups is 1. The van der Waals surface area contributed by atoms with Crippen LogP contribution in [0.3, 0.4) is 0 Å². The van der Waals surface area contributed by atoms with Gasteiger partial charge in [0.15, 0.2) is 6.61 Å². The van der Waals surface area contributed by atoms with Crippen LogP contribution in [0.25, 0.3) is 0 Å². The first-order chi connectivity index (χ1) is 15.6. The lowest BCUT2D eigenvalue weighted by Gasteiger charge is -2.30. The number of benzene rings is 3. The van der Waals surface area contributed by atoms with E-state index in [2.05, 4.69) is 5.32 Å². The van der Waals surface area contributed by atoms with Crippen molar-refractivity contribution < 1.29 is 19.1 Å². The fraction of sp³-hybridized carbons (Fsp3) is 0.125. The van der Waals surface area contributed by atoms with Gasteiger partial charge in [0.25, 0.3) is 5.91 Å². The lowest BCUT2D eigenvalue weighted by Crippen LogP contribution is -2.34. The van der Waals surface area contributed by atoms with E-state index in [1.807, 2.05) is 72.8 Å². The SMILES string of the molecule is O=C(C[C@@H]1Sc2ccccc2NC1=O)OCC(=O)N1c2ccccc2Sc2ccccc21. The van der Waals surface area contributed by atoms with E-state index >= 15 is 0 Å². The van der Waals surface area contributed by atoms with Gasteiger partial charge >= 0.3 is 5.97 Å². The van der Waals surface area contributed by atoms with Crippen molar-refractivity contribution in [2.75, 3.05) is 16.8 Å². The Hall–Kier alpha value is -3.23. The number of fused-ring (bicyclic) bond motifs is 3. The second kappa shape index (κ2) is 8.72. The lowest BCUT2D eigenvalue weighted by atomic mass is 10.2. The molecule has 0 aromatic heterocycles. The maximum Gasteiger partial charge on any atom is 0.307 e. The predicted molar refractivity (Wildman–Crippen MR) is 124 cm³/mol. The van der Waals surface area contributed by atoms with Gasteiger partial charge < -0.3 is 10.1 Å². The summed E-state index contributed by atoms with van der Waals surface area (Å²) in [5.41, 5.74) is 2.26. The Morgan fingerprint density at radius 3 is 2.16 bits per heavy atom. The molecular weight excluding hydrogens is 444 g/mol. The van der Waals surface area contributed by atoms with Crippen LogP contribution in [0.4, 0.5) is 17.1 Å². The van der Waals surface area contributed by atoms with Gasteiger partial charge in [-0.3, -0.25) is 19.3 Å². The van der Waals surface area contributed by atoms with E-state index in [9.17, 15) is 14.4 Å². The topological polar surface area (TPSA) is 75.7 Å². The summed E-state index contributed by atoms with van der Waals surface area (Å²) in [7, 11) is 0. The fourth-order valence-electron chi connectivity index (χ4n) is 3.62. The summed E-state index contributed by atoms with van der Waals surface area (Å²) < 4.78 is 5.30. The van der Waals surface area contributed by atoms with Crippen molar-refractivity contribution in [3.05, 3.63) is 72.8 Å². The molecule has 0 bridgehead atoms. The summed E-state index contributed by atoms with van der Waals surface area (Å²) >= 11 is 2.92. The molecule has 2 amide bonds. The number of nitrogens with zero attached hydrogens (tertiary/aromatic N) is 1. The maximum atomic E-state index is 13.1. The maximum absolute atomic E-state index is 13.1. The number of ether oxygens (including phenoxy) is 1. The number of anilines is 3. The zero-order valence-electron chi connectivity index (χ0n) is 16.8. The van der Waals surface area contributed by atoms with Gasteiger partial charge in [-0.2, -0.15) is 0 Å². The smallest absolute Gasteiger partial charge is 0.307 e. The van der Waals surface area contributed by atoms with E-state index in [1.165, 1.54) is 11.8 Å². The minimum atomic E-state index is -0.597. The van der Waals surface area contributed by atoms with Crippen molar-refractivity contribution >= 4 is 58.4 Å². The number of rotatable bonds is 4. The first kappa shape index (κ1) is 20.7. The fourth-order valence-corrected chi connectivity index (χ4v) is 5.77. The molecule has 1 atom stereocenters. The molecule has 0 unspecified atom stereocenters. The molecule has 0 fully saturated rings. The molecule has 160 valence electrons. The number of carbonyl (C=O) groups is 3. The summed E-state index contributed by atoms with van der Waals surface area (Å²) in [6.07, 6.45) is -0.110. The Kier molecular flexibility index (Phi) is 5.63. The largest absolute Gasteiger partial charge is 0.455 e. The van der Waals surface area contributed by atoms with E-state index in [4.69, 9.17) is 4.74 Å². The van der Waals surface area contributed by atoms with Crippen molar-refractivity contribution in [3.63, 3.8) is 0 Å². The van der Waals surface area contributed by atoms with Crippen LogP contribution in [0, 0.1) is 0 Å². The molecular formula is C24H18N2O4S2. The Balaban J connectivity index is 1.27. The molecule has 2 heterocycles. The number of nitrogens with one attached hydrogen (secondary N) is 1. The number of para-hydroxylation sites is 3. The number of hydrogen-bond donors (Lipinski definition) is 1. The number of amides is 2. The second-order valence-electron chi connectivity index (χ2n) is 7.22. The molecule has 32 heavy (non-hydrogen) atoms. The van der Waals surface area contributed by atoms with Gasteiger partial charge in [0.1, 0.15) is 0 Å². The normalized spacial score (nSPS) is 16.3. The standard InChI is InChI=1S/C24H18N2O4S2/c27-22(26-16-8-2-5-11-19(16)32-20-12-6-3-9-17(20)26)14-30-23(28)13-21-24(29)25-15-7-1-4-10-18(15)31-21/h1-12,21H,13-14H2,(H,25,29)/t21-/m0/s1. The molecule has 0 radical (unpaired) electrons. The zero-order valence-corrected chi connectivity index (χ0v) is 18.4. The average molecular weight is 463 g/mol. The molecule has 3 aromatic carbocycles. The van der Waals surface area contributed by atoms with Gasteiger partial charge in [-0.25, -0.2) is 0 Å². The summed E-state index contributed by atoms with van der Waals surface area (Å²) in [6, 6.07) is 22.7. The zero-order chi connectivity index (χ0) is 22.1. The van der Waals surface area contributed by atoms with Crippen molar-refractivity contribution in [3.8, 4) is 0 Å². The molecule has 5 rings (SSSR count). The molecule has 1 N–H and O–H groups in total. The van der Waals surface area contributed by atoms with Crippen LogP contribution in [0.5, 0.6) is 0 Å². The molecule has 2 aliphatic rings. The van der Waals surface area contributed by atoms with Crippen molar-refractivity contribution in [2.45, 2.75) is 26.4 Å². The van der Waals surface area contributed by atoms with Gasteiger partial charge in [0, 0.05) is 14.7 Å². The Morgan fingerprint density at radius 1 is 0.875 bits per heavy atom. The molecule has 0 spiro atoms. The van der Waals surface area contributed by atoms with Crippen molar-refractivity contribution in [1.82, 2.24) is 0 Å². The van der Waals surface area contributed by atoms with Crippen LogP contribution in [0.15, 0.2) is 87.5 Å². The van der Waals surface area contributed by atoms with Crippen molar-refractivity contribution in [2.24, 2.45) is 0 Å². The highest BCUT2D eigenvalue weighted by molar-refractivity contribution is 8.01. The molecule has 2 aliphatic heterocycles. The molecule has 0 saturated carbocycles. The third-order valence-corrected chi connectivity index (χ3v) is 7.50. The van der Waals surface area contributed by atoms with E-state index < -0.39 is 17.8 Å². The first-order valence-corrected chi connectivity index (χ1v) is 11.7. The average Bonchev–Trinajstić information content (AvgIpc) is 2.81. The highest BCUT2D eigenvalue weighted by atomic mass is 32.2. The summed E-state index contributed by atoms with van der Waals surface area (Å²) in [5, 5.41) is 2.21. The van der Waals surface area contributed by atoms with Crippen LogP contribution >= 0.6 is 23.5 Å². The van der Waals surface area contributed by atoms with Gasteiger partial charge in [0.2, 0.25) is 5.91 Å². The monoisotopic (exact) mass is 462 g/mol. The minimum Gasteiger partial charge on any atom is -0.455 e. The summed E-state index contributed by atoms with van der Waals surface area (Å²) in [4.78, 5) is 42.3.